The lowest BCUT2D eigenvalue weighted by Crippen LogP contribution is -2.40. The van der Waals surface area contributed by atoms with E-state index in [0.29, 0.717) is 0 Å². The molecule has 0 aliphatic rings. The van der Waals surface area contributed by atoms with Crippen LogP contribution in [0.5, 0.6) is 0 Å². The molecule has 0 fully saturated rings. The molecule has 1 rings (SSSR count). The van der Waals surface area contributed by atoms with E-state index in [0.717, 1.165) is 5.56 Å². The third-order valence-corrected chi connectivity index (χ3v) is 2.45. The Morgan fingerprint density at radius 3 is 2.70 bits per heavy atom. The molecule has 0 heterocycles. The van der Waals surface area contributed by atoms with Gasteiger partial charge in [-0.1, -0.05) is 30.3 Å². The van der Waals surface area contributed by atoms with Gasteiger partial charge in [-0.2, -0.15) is 5.26 Å². The van der Waals surface area contributed by atoms with Crippen LogP contribution in [0.1, 0.15) is 18.9 Å². The van der Waals surface area contributed by atoms with E-state index in [4.69, 9.17) is 5.26 Å². The highest BCUT2D eigenvalue weighted by molar-refractivity contribution is 5.94. The minimum Gasteiger partial charge on any atom is -0.351 e. The summed E-state index contributed by atoms with van der Waals surface area (Å²) in [5, 5.41) is 13.6. The summed E-state index contributed by atoms with van der Waals surface area (Å²) < 4.78 is 0. The summed E-state index contributed by atoms with van der Waals surface area (Å²) in [6, 6.07) is 11.1. The lowest BCUT2D eigenvalue weighted by atomic mass is 10.2. The van der Waals surface area contributed by atoms with Crippen molar-refractivity contribution in [2.45, 2.75) is 19.4 Å². The summed E-state index contributed by atoms with van der Waals surface area (Å²) in [6.07, 6.45) is 3.29. The molecule has 2 amide bonds. The van der Waals surface area contributed by atoms with Crippen molar-refractivity contribution in [2.24, 2.45) is 0 Å². The number of nitrogens with one attached hydrogen (secondary N) is 2. The number of benzene rings is 1. The van der Waals surface area contributed by atoms with E-state index in [9.17, 15) is 9.59 Å². The second kappa shape index (κ2) is 8.48. The maximum atomic E-state index is 11.5. The van der Waals surface area contributed by atoms with Gasteiger partial charge in [0, 0.05) is 12.1 Å². The van der Waals surface area contributed by atoms with Crippen LogP contribution in [0.4, 0.5) is 0 Å². The highest BCUT2D eigenvalue weighted by Gasteiger charge is 2.07. The second-order valence-electron chi connectivity index (χ2n) is 4.29. The average Bonchev–Trinajstić information content (AvgIpc) is 2.44. The number of nitriles is 1. The fourth-order valence-electron chi connectivity index (χ4n) is 1.48. The zero-order chi connectivity index (χ0) is 14.8. The molecule has 0 aliphatic carbocycles. The van der Waals surface area contributed by atoms with Gasteiger partial charge in [0.15, 0.2) is 0 Å². The molecular formula is C15H17N3O2. The molecular weight excluding hydrogens is 254 g/mol. The Bertz CT molecular complexity index is 518. The highest BCUT2D eigenvalue weighted by Crippen LogP contribution is 2.00. The van der Waals surface area contributed by atoms with E-state index in [1.54, 1.807) is 13.0 Å². The Morgan fingerprint density at radius 1 is 1.35 bits per heavy atom. The normalized spacial score (nSPS) is 11.6. The van der Waals surface area contributed by atoms with Gasteiger partial charge in [0.2, 0.25) is 11.8 Å². The van der Waals surface area contributed by atoms with E-state index < -0.39 is 0 Å². The maximum Gasteiger partial charge on any atom is 0.244 e. The largest absolute Gasteiger partial charge is 0.351 e. The van der Waals surface area contributed by atoms with E-state index in [1.165, 1.54) is 6.08 Å². The number of carbonyl (C=O) groups is 2. The Hall–Kier alpha value is -2.61. The Kier molecular flexibility index (Phi) is 6.55. The van der Waals surface area contributed by atoms with Crippen LogP contribution in [-0.2, 0) is 9.59 Å². The first-order valence-corrected chi connectivity index (χ1v) is 6.29. The molecule has 0 saturated heterocycles. The van der Waals surface area contributed by atoms with Gasteiger partial charge in [-0.05, 0) is 18.6 Å². The molecule has 2 N–H and O–H groups in total. The summed E-state index contributed by atoms with van der Waals surface area (Å²) >= 11 is 0. The first-order chi connectivity index (χ1) is 9.61. The van der Waals surface area contributed by atoms with Gasteiger partial charge in [-0.3, -0.25) is 9.59 Å². The fourth-order valence-corrected chi connectivity index (χ4v) is 1.48. The van der Waals surface area contributed by atoms with Crippen molar-refractivity contribution in [1.29, 1.82) is 5.26 Å². The summed E-state index contributed by atoms with van der Waals surface area (Å²) in [5.74, 6) is -0.647. The van der Waals surface area contributed by atoms with Crippen molar-refractivity contribution < 1.29 is 9.59 Å². The van der Waals surface area contributed by atoms with Crippen molar-refractivity contribution in [1.82, 2.24) is 10.6 Å². The molecule has 0 radical (unpaired) electrons. The molecule has 5 nitrogen and oxygen atoms in total. The van der Waals surface area contributed by atoms with Gasteiger partial charge in [-0.25, -0.2) is 0 Å². The van der Waals surface area contributed by atoms with Crippen LogP contribution in [0.3, 0.4) is 0 Å². The molecule has 0 aromatic heterocycles. The zero-order valence-corrected chi connectivity index (χ0v) is 11.3. The van der Waals surface area contributed by atoms with Gasteiger partial charge >= 0.3 is 0 Å². The van der Waals surface area contributed by atoms with E-state index in [2.05, 4.69) is 10.6 Å². The Morgan fingerprint density at radius 2 is 2.05 bits per heavy atom. The minimum absolute atomic E-state index is 0.103. The first kappa shape index (κ1) is 15.4. The van der Waals surface area contributed by atoms with Gasteiger partial charge in [0.25, 0.3) is 0 Å². The van der Waals surface area contributed by atoms with Crippen molar-refractivity contribution in [3.63, 3.8) is 0 Å². The lowest BCUT2D eigenvalue weighted by molar-refractivity contribution is -0.124. The zero-order valence-electron chi connectivity index (χ0n) is 11.3. The van der Waals surface area contributed by atoms with Crippen LogP contribution < -0.4 is 10.6 Å². The van der Waals surface area contributed by atoms with E-state index in [1.807, 2.05) is 36.4 Å². The molecule has 1 aromatic carbocycles. The first-order valence-electron chi connectivity index (χ1n) is 6.29. The number of nitrogens with zero attached hydrogens (tertiary/aromatic N) is 1. The molecule has 0 saturated carbocycles. The summed E-state index contributed by atoms with van der Waals surface area (Å²) in [4.78, 5) is 22.9. The van der Waals surface area contributed by atoms with Crippen LogP contribution >= 0.6 is 0 Å². The molecule has 20 heavy (non-hydrogen) atoms. The van der Waals surface area contributed by atoms with Gasteiger partial charge in [0.05, 0.1) is 19.0 Å². The highest BCUT2D eigenvalue weighted by atomic mass is 16.2. The third-order valence-electron chi connectivity index (χ3n) is 2.45. The maximum absolute atomic E-state index is 11.5. The number of rotatable bonds is 6. The molecule has 1 atom stereocenters. The van der Waals surface area contributed by atoms with Crippen molar-refractivity contribution in [3.05, 3.63) is 42.0 Å². The average molecular weight is 271 g/mol. The third kappa shape index (κ3) is 6.36. The number of carbonyl (C=O) groups excluding carboxylic acids is 2. The summed E-state index contributed by atoms with van der Waals surface area (Å²) in [5.41, 5.74) is 0.912. The topological polar surface area (TPSA) is 82.0 Å². The number of hydrogen-bond donors (Lipinski definition) is 2. The summed E-state index contributed by atoms with van der Waals surface area (Å²) in [7, 11) is 0. The van der Waals surface area contributed by atoms with Gasteiger partial charge in [0.1, 0.15) is 0 Å². The second-order valence-corrected chi connectivity index (χ2v) is 4.29. The van der Waals surface area contributed by atoms with E-state index >= 15 is 0 Å². The fraction of sp³-hybridized carbons (Fsp3) is 0.267. The predicted molar refractivity (Wildman–Crippen MR) is 76.3 cm³/mol. The summed E-state index contributed by atoms with van der Waals surface area (Å²) in [6.45, 7) is 1.63. The predicted octanol–water partition coefficient (Wildman–Crippen LogP) is 1.23. The van der Waals surface area contributed by atoms with Crippen molar-refractivity contribution >= 4 is 17.9 Å². The monoisotopic (exact) mass is 271 g/mol. The van der Waals surface area contributed by atoms with Crippen LogP contribution in [0.25, 0.3) is 6.08 Å². The Labute approximate surface area is 118 Å². The SMILES string of the molecule is CC(CC#N)NC(=O)CNC(=O)/C=C/c1ccccc1. The molecule has 0 bridgehead atoms. The van der Waals surface area contributed by atoms with Gasteiger partial charge < -0.3 is 10.6 Å². The van der Waals surface area contributed by atoms with E-state index in [-0.39, 0.29) is 30.8 Å². The Balaban J connectivity index is 2.31. The quantitative estimate of drug-likeness (QED) is 0.764. The minimum atomic E-state index is -0.336. The molecule has 5 heteroatoms. The molecule has 104 valence electrons. The van der Waals surface area contributed by atoms with Crippen LogP contribution in [0.2, 0.25) is 0 Å². The van der Waals surface area contributed by atoms with Crippen LogP contribution in [0.15, 0.2) is 36.4 Å². The molecule has 0 aliphatic heterocycles. The smallest absolute Gasteiger partial charge is 0.244 e. The molecule has 1 aromatic rings. The number of amides is 2. The molecule has 1 unspecified atom stereocenters. The number of hydrogen-bond acceptors (Lipinski definition) is 3. The molecule has 0 spiro atoms. The van der Waals surface area contributed by atoms with Crippen LogP contribution in [0, 0.1) is 11.3 Å². The van der Waals surface area contributed by atoms with Crippen LogP contribution in [-0.4, -0.2) is 24.4 Å². The lowest BCUT2D eigenvalue weighted by Gasteiger charge is -2.10. The van der Waals surface area contributed by atoms with Gasteiger partial charge in [-0.15, -0.1) is 0 Å². The standard InChI is InChI=1S/C15H17N3O2/c1-12(9-10-16)18-15(20)11-17-14(19)8-7-13-5-3-2-4-6-13/h2-8,12H,9,11H2,1H3,(H,17,19)(H,18,20)/b8-7+. The van der Waals surface area contributed by atoms with Crippen molar-refractivity contribution in [3.8, 4) is 6.07 Å². The van der Waals surface area contributed by atoms with Crippen molar-refractivity contribution in [2.75, 3.05) is 6.54 Å².